The molecule has 0 bridgehead atoms. The molecule has 4 N–H and O–H groups in total. The maximum atomic E-state index is 11.4. The maximum Gasteiger partial charge on any atom is 0.322 e. The highest BCUT2D eigenvalue weighted by Gasteiger charge is 2.15. The van der Waals surface area contributed by atoms with Crippen LogP contribution in [-0.4, -0.2) is 31.9 Å². The molecular weight excluding hydrogens is 366 g/mol. The molecule has 0 aliphatic heterocycles. The Morgan fingerprint density at radius 2 is 1.33 bits per heavy atom. The molecule has 0 radical (unpaired) electrons. The van der Waals surface area contributed by atoms with Crippen molar-refractivity contribution in [3.8, 4) is 0 Å². The summed E-state index contributed by atoms with van der Waals surface area (Å²) in [5.74, 6) is -1.26. The van der Waals surface area contributed by atoms with Gasteiger partial charge in [0.05, 0.1) is 6.61 Å². The smallest absolute Gasteiger partial charge is 0.322 e. The zero-order chi connectivity index (χ0) is 19.5. The molecule has 7 heteroatoms. The van der Waals surface area contributed by atoms with Crippen LogP contribution < -0.4 is 6.15 Å². The molecular formula is C20H41NO5S. The Balaban J connectivity index is 0. The van der Waals surface area contributed by atoms with Gasteiger partial charge in [-0.05, 0) is 32.1 Å². The lowest BCUT2D eigenvalue weighted by molar-refractivity contribution is -0.133. The highest BCUT2D eigenvalue weighted by molar-refractivity contribution is 7.87. The predicted octanol–water partition coefficient (Wildman–Crippen LogP) is 5.05. The quantitative estimate of drug-likeness (QED) is 0.186. The normalized spacial score (nSPS) is 11.5. The zero-order valence-corrected chi connectivity index (χ0v) is 18.0. The molecule has 0 atom stereocenters. The molecule has 0 aromatic rings. The van der Waals surface area contributed by atoms with Crippen molar-refractivity contribution < 1.29 is 22.5 Å². The molecule has 0 rings (SSSR count). The second-order valence-corrected chi connectivity index (χ2v) is 8.47. The van der Waals surface area contributed by atoms with Gasteiger partial charge in [-0.3, -0.25) is 4.79 Å². The van der Waals surface area contributed by atoms with Crippen molar-refractivity contribution >= 4 is 16.1 Å². The highest BCUT2D eigenvalue weighted by atomic mass is 32.2. The van der Waals surface area contributed by atoms with E-state index in [4.69, 9.17) is 5.11 Å². The average Bonchev–Trinajstić information content (AvgIpc) is 2.57. The first-order valence-corrected chi connectivity index (χ1v) is 11.8. The van der Waals surface area contributed by atoms with E-state index < -0.39 is 28.4 Å². The monoisotopic (exact) mass is 407 g/mol. The summed E-state index contributed by atoms with van der Waals surface area (Å²) < 4.78 is 26.7. The molecule has 0 aliphatic carbocycles. The van der Waals surface area contributed by atoms with E-state index in [1.807, 2.05) is 0 Å². The van der Waals surface area contributed by atoms with Crippen molar-refractivity contribution in [2.45, 2.75) is 96.8 Å². The van der Waals surface area contributed by atoms with Crippen molar-refractivity contribution in [2.24, 2.45) is 0 Å². The van der Waals surface area contributed by atoms with E-state index >= 15 is 0 Å². The van der Waals surface area contributed by atoms with E-state index in [0.717, 1.165) is 32.1 Å². The van der Waals surface area contributed by atoms with Crippen molar-refractivity contribution in [1.29, 1.82) is 0 Å². The van der Waals surface area contributed by atoms with Gasteiger partial charge in [-0.2, -0.15) is 8.42 Å². The van der Waals surface area contributed by atoms with Crippen LogP contribution in [0.5, 0.6) is 0 Å². The van der Waals surface area contributed by atoms with Crippen molar-refractivity contribution in [1.82, 2.24) is 6.15 Å². The van der Waals surface area contributed by atoms with Crippen LogP contribution in [0.2, 0.25) is 0 Å². The number of aliphatic hydroxyl groups excluding tert-OH is 1. The molecule has 0 saturated heterocycles. The predicted molar refractivity (Wildman–Crippen MR) is 111 cm³/mol. The summed E-state index contributed by atoms with van der Waals surface area (Å²) >= 11 is 0. The lowest BCUT2D eigenvalue weighted by Gasteiger charge is -2.04. The summed E-state index contributed by atoms with van der Waals surface area (Å²) in [7, 11) is -3.91. The van der Waals surface area contributed by atoms with Crippen LogP contribution in [0, 0.1) is 0 Å². The lowest BCUT2D eigenvalue weighted by atomic mass is 10.1. The van der Waals surface area contributed by atoms with Gasteiger partial charge >= 0.3 is 16.1 Å². The molecule has 0 amide bonds. The van der Waals surface area contributed by atoms with Crippen LogP contribution in [0.4, 0.5) is 0 Å². The fraction of sp³-hybridized carbons (Fsp3) is 0.850. The largest absolute Gasteiger partial charge is 0.395 e. The fourth-order valence-electron chi connectivity index (χ4n) is 2.68. The van der Waals surface area contributed by atoms with Crippen molar-refractivity contribution in [2.75, 3.05) is 12.4 Å². The van der Waals surface area contributed by atoms with E-state index in [-0.39, 0.29) is 12.6 Å². The third kappa shape index (κ3) is 21.2. The second-order valence-electron chi connectivity index (χ2n) is 6.78. The second kappa shape index (κ2) is 19.8. The van der Waals surface area contributed by atoms with Gasteiger partial charge in [0.1, 0.15) is 5.75 Å². The molecule has 0 aromatic carbocycles. The average molecular weight is 408 g/mol. The molecule has 0 fully saturated rings. The first-order valence-electron chi connectivity index (χ1n) is 10.2. The van der Waals surface area contributed by atoms with Gasteiger partial charge in [-0.1, -0.05) is 70.4 Å². The molecule has 162 valence electrons. The Hall–Kier alpha value is -0.920. The Morgan fingerprint density at radius 1 is 0.852 bits per heavy atom. The third-order valence-corrected chi connectivity index (χ3v) is 5.33. The van der Waals surface area contributed by atoms with Gasteiger partial charge in [0.25, 0.3) is 0 Å². The van der Waals surface area contributed by atoms with Gasteiger partial charge in [0, 0.05) is 6.42 Å². The molecule has 0 aliphatic rings. The summed E-state index contributed by atoms with van der Waals surface area (Å²) in [4.78, 5) is 11.4. The van der Waals surface area contributed by atoms with E-state index in [1.165, 1.54) is 44.9 Å². The van der Waals surface area contributed by atoms with E-state index in [1.54, 1.807) is 0 Å². The van der Waals surface area contributed by atoms with E-state index in [0.29, 0.717) is 6.42 Å². The molecule has 0 saturated carbocycles. The minimum Gasteiger partial charge on any atom is -0.395 e. The third-order valence-electron chi connectivity index (χ3n) is 4.20. The van der Waals surface area contributed by atoms with Gasteiger partial charge in [-0.15, -0.1) is 0 Å². The number of hydrogen-bond donors (Lipinski definition) is 2. The number of aliphatic hydroxyl groups is 1. The fourth-order valence-corrected chi connectivity index (χ4v) is 3.35. The Bertz CT molecular complexity index is 463. The molecule has 6 nitrogen and oxygen atoms in total. The number of carbonyl (C=O) groups excluding carboxylic acids is 1. The topological polar surface area (TPSA) is 116 Å². The first-order chi connectivity index (χ1) is 12.5. The van der Waals surface area contributed by atoms with Crippen molar-refractivity contribution in [3.63, 3.8) is 0 Å². The number of carbonyl (C=O) groups is 1. The van der Waals surface area contributed by atoms with Crippen molar-refractivity contribution in [3.05, 3.63) is 12.2 Å². The summed E-state index contributed by atoms with van der Waals surface area (Å²) in [5.41, 5.74) is 0. The molecule has 0 unspecified atom stereocenters. The van der Waals surface area contributed by atoms with E-state index in [9.17, 15) is 13.2 Å². The molecule has 0 spiro atoms. The van der Waals surface area contributed by atoms with Gasteiger partial charge < -0.3 is 15.4 Å². The number of hydrogen-bond acceptors (Lipinski definition) is 6. The van der Waals surface area contributed by atoms with Crippen LogP contribution >= 0.6 is 0 Å². The highest BCUT2D eigenvalue weighted by Crippen LogP contribution is 2.10. The molecule has 0 aromatic heterocycles. The van der Waals surface area contributed by atoms with Crippen LogP contribution in [0.3, 0.4) is 0 Å². The Morgan fingerprint density at radius 3 is 1.85 bits per heavy atom. The van der Waals surface area contributed by atoms with E-state index in [2.05, 4.69) is 23.3 Å². The number of rotatable bonds is 18. The number of unbranched alkanes of at least 4 members (excludes halogenated alkanes) is 11. The summed E-state index contributed by atoms with van der Waals surface area (Å²) in [6, 6.07) is 0. The number of allylic oxidation sites excluding steroid dienone is 2. The van der Waals surface area contributed by atoms with Crippen LogP contribution in [0.25, 0.3) is 0 Å². The minimum absolute atomic E-state index is 0. The van der Waals surface area contributed by atoms with Crippen LogP contribution in [0.1, 0.15) is 96.8 Å². The standard InChI is InChI=1S/C20H38O5S.H3N/c1-2-3-4-5-6-7-8-9-10-11-12-13-14-15-16-17-20(22)25-26(23,24)19-18-21;/h9-10,21H,2-8,11-19H2,1H3;1H3/b10-9-;. The summed E-state index contributed by atoms with van der Waals surface area (Å²) in [5, 5.41) is 8.56. The maximum absolute atomic E-state index is 11.4. The Kier molecular flexibility index (Phi) is 20.8. The first kappa shape index (κ1) is 28.3. The molecule has 27 heavy (non-hydrogen) atoms. The van der Waals surface area contributed by atoms with Gasteiger partial charge in [0.2, 0.25) is 0 Å². The lowest BCUT2D eigenvalue weighted by Crippen LogP contribution is -2.17. The SMILES string of the molecule is CCCCCCCC/C=C\CCCCCCCC(=O)OS(=O)(=O)CCO.N. The van der Waals surface area contributed by atoms with Crippen LogP contribution in [0.15, 0.2) is 12.2 Å². The summed E-state index contributed by atoms with van der Waals surface area (Å²) in [6.45, 7) is 1.70. The zero-order valence-electron chi connectivity index (χ0n) is 17.2. The molecule has 0 heterocycles. The van der Waals surface area contributed by atoms with Crippen LogP contribution in [-0.2, 0) is 19.1 Å². The summed E-state index contributed by atoms with van der Waals surface area (Å²) in [6.07, 6.45) is 19.9. The minimum atomic E-state index is -3.91. The Labute approximate surface area is 166 Å². The van der Waals surface area contributed by atoms with Gasteiger partial charge in [0.15, 0.2) is 0 Å². The van der Waals surface area contributed by atoms with Gasteiger partial charge in [-0.25, -0.2) is 0 Å².